The van der Waals surface area contributed by atoms with Crippen molar-refractivity contribution in [1.82, 2.24) is 4.72 Å². The van der Waals surface area contributed by atoms with Crippen LogP contribution in [0.5, 0.6) is 0 Å². The summed E-state index contributed by atoms with van der Waals surface area (Å²) < 4.78 is 26.0. The Kier molecular flexibility index (Phi) is 4.04. The van der Waals surface area contributed by atoms with E-state index in [9.17, 15) is 8.42 Å². The van der Waals surface area contributed by atoms with E-state index in [1.807, 2.05) is 12.1 Å². The van der Waals surface area contributed by atoms with Gasteiger partial charge in [-0.15, -0.1) is 0 Å². The van der Waals surface area contributed by atoms with Gasteiger partial charge in [0.25, 0.3) is 0 Å². The number of nitrogens with one attached hydrogen (secondary N) is 1. The minimum absolute atomic E-state index is 0.209. The van der Waals surface area contributed by atoms with Crippen LogP contribution in [0.25, 0.3) is 0 Å². The highest BCUT2D eigenvalue weighted by Crippen LogP contribution is 2.32. The molecule has 0 aromatic heterocycles. The Morgan fingerprint density at radius 3 is 2.44 bits per heavy atom. The van der Waals surface area contributed by atoms with Crippen LogP contribution >= 0.6 is 0 Å². The molecule has 1 aromatic carbocycles. The molecular weight excluding hydrogens is 248 g/mol. The molecule has 1 unspecified atom stereocenters. The van der Waals surface area contributed by atoms with Crippen molar-refractivity contribution in [3.63, 3.8) is 0 Å². The molecule has 0 saturated heterocycles. The van der Waals surface area contributed by atoms with Crippen LogP contribution in [-0.4, -0.2) is 21.0 Å². The van der Waals surface area contributed by atoms with E-state index in [-0.39, 0.29) is 6.04 Å². The SMILES string of the molecule is CCNS(=O)(=O)c1ccc(CC(N)C2CC2)cc1. The fourth-order valence-electron chi connectivity index (χ4n) is 2.04. The van der Waals surface area contributed by atoms with Crippen molar-refractivity contribution in [2.45, 2.75) is 37.1 Å². The summed E-state index contributed by atoms with van der Waals surface area (Å²) in [4.78, 5) is 0.313. The molecule has 1 atom stereocenters. The van der Waals surface area contributed by atoms with Gasteiger partial charge in [0.1, 0.15) is 0 Å². The molecule has 0 amide bonds. The first kappa shape index (κ1) is 13.5. The largest absolute Gasteiger partial charge is 0.327 e. The van der Waals surface area contributed by atoms with Gasteiger partial charge < -0.3 is 5.73 Å². The first-order valence-corrected chi connectivity index (χ1v) is 7.85. The monoisotopic (exact) mass is 268 g/mol. The van der Waals surface area contributed by atoms with Crippen molar-refractivity contribution < 1.29 is 8.42 Å². The Balaban J connectivity index is 2.05. The summed E-state index contributed by atoms with van der Waals surface area (Å²) in [5.41, 5.74) is 7.15. The minimum atomic E-state index is -3.34. The van der Waals surface area contributed by atoms with Gasteiger partial charge in [0.2, 0.25) is 10.0 Å². The summed E-state index contributed by atoms with van der Waals surface area (Å²) >= 11 is 0. The van der Waals surface area contributed by atoms with Crippen LogP contribution in [0.2, 0.25) is 0 Å². The molecule has 1 fully saturated rings. The fourth-order valence-corrected chi connectivity index (χ4v) is 3.08. The summed E-state index contributed by atoms with van der Waals surface area (Å²) in [6.07, 6.45) is 3.29. The van der Waals surface area contributed by atoms with Crippen molar-refractivity contribution in [2.75, 3.05) is 6.54 Å². The fraction of sp³-hybridized carbons (Fsp3) is 0.538. The molecule has 0 heterocycles. The Hall–Kier alpha value is -0.910. The first-order chi connectivity index (χ1) is 8.53. The first-order valence-electron chi connectivity index (χ1n) is 6.37. The zero-order valence-corrected chi connectivity index (χ0v) is 11.4. The molecule has 2 rings (SSSR count). The van der Waals surface area contributed by atoms with Crippen molar-refractivity contribution in [2.24, 2.45) is 11.7 Å². The standard InChI is InChI=1S/C13H20N2O2S/c1-2-15-18(16,17)12-7-3-10(4-8-12)9-13(14)11-5-6-11/h3-4,7-8,11,13,15H,2,5-6,9,14H2,1H3. The predicted octanol–water partition coefficient (Wildman–Crippen LogP) is 1.26. The number of rotatable bonds is 6. The third-order valence-electron chi connectivity index (χ3n) is 3.27. The van der Waals surface area contributed by atoms with E-state index in [0.717, 1.165) is 12.0 Å². The average Bonchev–Trinajstić information content (AvgIpc) is 3.13. The summed E-state index contributed by atoms with van der Waals surface area (Å²) in [6.45, 7) is 2.16. The highest BCUT2D eigenvalue weighted by molar-refractivity contribution is 7.89. The van der Waals surface area contributed by atoms with Crippen LogP contribution in [0, 0.1) is 5.92 Å². The molecular formula is C13H20N2O2S. The Labute approximate surface area is 109 Å². The molecule has 0 aliphatic heterocycles. The van der Waals surface area contributed by atoms with E-state index in [4.69, 9.17) is 5.73 Å². The number of hydrogen-bond donors (Lipinski definition) is 2. The third-order valence-corrected chi connectivity index (χ3v) is 4.83. The molecule has 3 N–H and O–H groups in total. The lowest BCUT2D eigenvalue weighted by Crippen LogP contribution is -2.25. The van der Waals surface area contributed by atoms with Crippen LogP contribution in [0.1, 0.15) is 25.3 Å². The van der Waals surface area contributed by atoms with E-state index >= 15 is 0 Å². The molecule has 5 heteroatoms. The van der Waals surface area contributed by atoms with Crippen molar-refractivity contribution in [3.05, 3.63) is 29.8 Å². The maximum Gasteiger partial charge on any atom is 0.240 e. The Bertz CT molecular complexity index is 492. The second-order valence-electron chi connectivity index (χ2n) is 4.85. The van der Waals surface area contributed by atoms with Gasteiger partial charge in [-0.05, 0) is 42.9 Å². The van der Waals surface area contributed by atoms with E-state index in [1.54, 1.807) is 19.1 Å². The van der Waals surface area contributed by atoms with E-state index in [1.165, 1.54) is 12.8 Å². The average molecular weight is 268 g/mol. The summed E-state index contributed by atoms with van der Waals surface area (Å²) in [5.74, 6) is 0.662. The predicted molar refractivity (Wildman–Crippen MR) is 71.7 cm³/mol. The highest BCUT2D eigenvalue weighted by Gasteiger charge is 2.28. The quantitative estimate of drug-likeness (QED) is 0.816. The molecule has 0 radical (unpaired) electrons. The lowest BCUT2D eigenvalue weighted by Gasteiger charge is -2.10. The Morgan fingerprint density at radius 2 is 1.94 bits per heavy atom. The number of sulfonamides is 1. The van der Waals surface area contributed by atoms with Gasteiger partial charge in [-0.3, -0.25) is 0 Å². The second-order valence-corrected chi connectivity index (χ2v) is 6.62. The summed E-state index contributed by atoms with van der Waals surface area (Å²) in [7, 11) is -3.34. The molecule has 1 saturated carbocycles. The smallest absolute Gasteiger partial charge is 0.240 e. The molecule has 100 valence electrons. The molecule has 1 aromatic rings. The van der Waals surface area contributed by atoms with E-state index in [0.29, 0.717) is 17.4 Å². The molecule has 1 aliphatic rings. The third kappa shape index (κ3) is 3.31. The lowest BCUT2D eigenvalue weighted by atomic mass is 10.0. The number of nitrogens with two attached hydrogens (primary N) is 1. The molecule has 0 spiro atoms. The van der Waals surface area contributed by atoms with Crippen LogP contribution < -0.4 is 10.5 Å². The van der Waals surface area contributed by atoms with Gasteiger partial charge in [0.05, 0.1) is 4.90 Å². The van der Waals surface area contributed by atoms with Gasteiger partial charge in [-0.1, -0.05) is 19.1 Å². The van der Waals surface area contributed by atoms with Gasteiger partial charge in [-0.25, -0.2) is 13.1 Å². The zero-order valence-electron chi connectivity index (χ0n) is 10.6. The maximum absolute atomic E-state index is 11.7. The van der Waals surface area contributed by atoms with Crippen LogP contribution in [0.3, 0.4) is 0 Å². The van der Waals surface area contributed by atoms with Crippen molar-refractivity contribution in [1.29, 1.82) is 0 Å². The van der Waals surface area contributed by atoms with Gasteiger partial charge in [0.15, 0.2) is 0 Å². The number of benzene rings is 1. The Morgan fingerprint density at radius 1 is 1.33 bits per heavy atom. The van der Waals surface area contributed by atoms with Gasteiger partial charge >= 0.3 is 0 Å². The van der Waals surface area contributed by atoms with Crippen LogP contribution in [-0.2, 0) is 16.4 Å². The normalized spacial score (nSPS) is 17.7. The highest BCUT2D eigenvalue weighted by atomic mass is 32.2. The topological polar surface area (TPSA) is 72.2 Å². The van der Waals surface area contributed by atoms with E-state index < -0.39 is 10.0 Å². The molecule has 0 bridgehead atoms. The number of hydrogen-bond acceptors (Lipinski definition) is 3. The van der Waals surface area contributed by atoms with Gasteiger partial charge in [0, 0.05) is 12.6 Å². The van der Waals surface area contributed by atoms with Crippen LogP contribution in [0.4, 0.5) is 0 Å². The van der Waals surface area contributed by atoms with E-state index in [2.05, 4.69) is 4.72 Å². The lowest BCUT2D eigenvalue weighted by molar-refractivity contribution is 0.583. The summed E-state index contributed by atoms with van der Waals surface area (Å²) in [6, 6.07) is 7.21. The maximum atomic E-state index is 11.7. The zero-order chi connectivity index (χ0) is 13.2. The van der Waals surface area contributed by atoms with Gasteiger partial charge in [-0.2, -0.15) is 0 Å². The molecule has 18 heavy (non-hydrogen) atoms. The van der Waals surface area contributed by atoms with Crippen LogP contribution in [0.15, 0.2) is 29.2 Å². The second kappa shape index (κ2) is 5.38. The summed E-state index contributed by atoms with van der Waals surface area (Å²) in [5, 5.41) is 0. The molecule has 1 aliphatic carbocycles. The van der Waals surface area contributed by atoms with Crippen molar-refractivity contribution >= 4 is 10.0 Å². The molecule has 4 nitrogen and oxygen atoms in total. The van der Waals surface area contributed by atoms with Crippen molar-refractivity contribution in [3.8, 4) is 0 Å². The minimum Gasteiger partial charge on any atom is -0.327 e.